The normalized spacial score (nSPS) is 20.7. The van der Waals surface area contributed by atoms with Gasteiger partial charge in [-0.15, -0.1) is 10.2 Å². The Morgan fingerprint density at radius 3 is 2.81 bits per heavy atom. The second kappa shape index (κ2) is 6.55. The molecular formula is C17H21N3O5S. The Morgan fingerprint density at radius 2 is 2.00 bits per heavy atom. The van der Waals surface area contributed by atoms with Crippen molar-refractivity contribution in [1.82, 2.24) is 14.5 Å². The molecule has 3 heterocycles. The van der Waals surface area contributed by atoms with Gasteiger partial charge in [0.15, 0.2) is 11.5 Å². The largest absolute Gasteiger partial charge is 0.454 e. The molecule has 0 aliphatic carbocycles. The molecule has 140 valence electrons. The lowest BCUT2D eigenvalue weighted by Crippen LogP contribution is -2.42. The lowest BCUT2D eigenvalue weighted by molar-refractivity contribution is 0.174. The van der Waals surface area contributed by atoms with E-state index in [1.807, 2.05) is 6.07 Å². The number of sulfonamides is 1. The summed E-state index contributed by atoms with van der Waals surface area (Å²) in [6.07, 6.45) is 1.60. The predicted molar refractivity (Wildman–Crippen MR) is 93.5 cm³/mol. The van der Waals surface area contributed by atoms with Crippen LogP contribution in [0, 0.1) is 0 Å². The number of benzene rings is 1. The summed E-state index contributed by atoms with van der Waals surface area (Å²) in [5.41, 5.74) is 0.746. The molecule has 1 aromatic carbocycles. The molecule has 0 N–H and O–H groups in total. The van der Waals surface area contributed by atoms with Gasteiger partial charge in [0, 0.05) is 18.7 Å². The molecule has 26 heavy (non-hydrogen) atoms. The van der Waals surface area contributed by atoms with Gasteiger partial charge in [-0.3, -0.25) is 0 Å². The number of ether oxygens (including phenoxy) is 2. The van der Waals surface area contributed by atoms with Gasteiger partial charge in [0.1, 0.15) is 0 Å². The molecule has 1 aromatic heterocycles. The van der Waals surface area contributed by atoms with Gasteiger partial charge in [-0.2, -0.15) is 0 Å². The topological polar surface area (TPSA) is 94.8 Å². The Hall–Kier alpha value is -2.13. The molecule has 9 heteroatoms. The molecule has 0 bridgehead atoms. The fourth-order valence-corrected chi connectivity index (χ4v) is 4.59. The number of hydrogen-bond acceptors (Lipinski definition) is 7. The van der Waals surface area contributed by atoms with Gasteiger partial charge in [-0.25, -0.2) is 12.7 Å². The van der Waals surface area contributed by atoms with Crippen molar-refractivity contribution < 1.29 is 22.3 Å². The van der Waals surface area contributed by atoms with E-state index in [9.17, 15) is 8.42 Å². The summed E-state index contributed by atoms with van der Waals surface area (Å²) in [7, 11) is -3.28. The van der Waals surface area contributed by atoms with E-state index in [4.69, 9.17) is 13.9 Å². The second-order valence-electron chi connectivity index (χ2n) is 6.80. The summed E-state index contributed by atoms with van der Waals surface area (Å²) in [5.74, 6) is 2.11. The molecule has 2 aliphatic rings. The van der Waals surface area contributed by atoms with Gasteiger partial charge < -0.3 is 13.9 Å². The Balaban J connectivity index is 1.54. The lowest BCUT2D eigenvalue weighted by Gasteiger charge is -2.31. The maximum Gasteiger partial charge on any atom is 0.247 e. The van der Waals surface area contributed by atoms with Gasteiger partial charge in [0.05, 0.1) is 11.2 Å². The minimum Gasteiger partial charge on any atom is -0.454 e. The number of piperidine rings is 1. The third kappa shape index (κ3) is 3.05. The number of nitrogens with zero attached hydrogens (tertiary/aromatic N) is 3. The van der Waals surface area contributed by atoms with Crippen LogP contribution in [0.5, 0.6) is 11.5 Å². The molecule has 0 radical (unpaired) electrons. The molecule has 4 rings (SSSR count). The highest BCUT2D eigenvalue weighted by Gasteiger charge is 2.33. The minimum absolute atomic E-state index is 0.0902. The molecule has 2 aromatic rings. The number of rotatable bonds is 4. The monoisotopic (exact) mass is 379 g/mol. The first-order valence-corrected chi connectivity index (χ1v) is 10.2. The summed E-state index contributed by atoms with van der Waals surface area (Å²) in [6, 6.07) is 5.44. The summed E-state index contributed by atoms with van der Waals surface area (Å²) >= 11 is 0. The molecule has 8 nitrogen and oxygen atoms in total. The Kier molecular flexibility index (Phi) is 4.36. The summed E-state index contributed by atoms with van der Waals surface area (Å²) < 4.78 is 42.9. The Labute approximate surface area is 152 Å². The van der Waals surface area contributed by atoms with Gasteiger partial charge in [-0.05, 0) is 44.9 Å². The van der Waals surface area contributed by atoms with Gasteiger partial charge in [-0.1, -0.05) is 0 Å². The fourth-order valence-electron chi connectivity index (χ4n) is 3.22. The van der Waals surface area contributed by atoms with Crippen LogP contribution in [0.1, 0.15) is 38.5 Å². The van der Waals surface area contributed by atoms with Gasteiger partial charge >= 0.3 is 0 Å². The molecule has 1 fully saturated rings. The van der Waals surface area contributed by atoms with Crippen LogP contribution in [0.25, 0.3) is 11.5 Å². The average Bonchev–Trinajstić information content (AvgIpc) is 3.30. The maximum atomic E-state index is 12.4. The van der Waals surface area contributed by atoms with Crippen LogP contribution < -0.4 is 9.47 Å². The lowest BCUT2D eigenvalue weighted by atomic mass is 10.00. The first kappa shape index (κ1) is 17.3. The smallest absolute Gasteiger partial charge is 0.247 e. The third-order valence-electron chi connectivity index (χ3n) is 4.75. The van der Waals surface area contributed by atoms with E-state index < -0.39 is 15.3 Å². The summed E-state index contributed by atoms with van der Waals surface area (Å²) in [6.45, 7) is 4.52. The van der Waals surface area contributed by atoms with Crippen molar-refractivity contribution in [2.75, 3.05) is 19.9 Å². The van der Waals surface area contributed by atoms with Crippen LogP contribution in [0.4, 0.5) is 0 Å². The van der Waals surface area contributed by atoms with Crippen molar-refractivity contribution in [3.8, 4) is 23.0 Å². The highest BCUT2D eigenvalue weighted by atomic mass is 32.2. The van der Waals surface area contributed by atoms with Crippen molar-refractivity contribution in [2.45, 2.75) is 37.9 Å². The van der Waals surface area contributed by atoms with E-state index in [-0.39, 0.29) is 12.7 Å². The van der Waals surface area contributed by atoms with Crippen LogP contribution in [0.3, 0.4) is 0 Å². The van der Waals surface area contributed by atoms with Gasteiger partial charge in [0.2, 0.25) is 28.6 Å². The van der Waals surface area contributed by atoms with Crippen LogP contribution >= 0.6 is 0 Å². The first-order chi connectivity index (χ1) is 12.4. The van der Waals surface area contributed by atoms with Crippen molar-refractivity contribution in [3.63, 3.8) is 0 Å². The van der Waals surface area contributed by atoms with E-state index in [2.05, 4.69) is 10.2 Å². The highest BCUT2D eigenvalue weighted by Crippen LogP contribution is 2.36. The van der Waals surface area contributed by atoms with E-state index in [0.29, 0.717) is 36.4 Å². The standard InChI is InChI=1S/C17H21N3O5S/c1-11(2)26(21,22)20-7-3-4-13(9-20)17-19-18-16(25-17)12-5-6-14-15(8-12)24-10-23-14/h5-6,8,11,13H,3-4,7,9-10H2,1-2H3. The third-order valence-corrected chi connectivity index (χ3v) is 6.99. The second-order valence-corrected chi connectivity index (χ2v) is 9.29. The summed E-state index contributed by atoms with van der Waals surface area (Å²) in [4.78, 5) is 0. The van der Waals surface area contributed by atoms with Crippen LogP contribution in [0.2, 0.25) is 0 Å². The predicted octanol–water partition coefficient (Wildman–Crippen LogP) is 2.38. The van der Waals surface area contributed by atoms with E-state index >= 15 is 0 Å². The molecule has 0 amide bonds. The Morgan fingerprint density at radius 1 is 1.19 bits per heavy atom. The summed E-state index contributed by atoms with van der Waals surface area (Å²) in [5, 5.41) is 7.85. The molecule has 1 atom stereocenters. The fraction of sp³-hybridized carbons (Fsp3) is 0.529. The molecule has 1 unspecified atom stereocenters. The zero-order valence-electron chi connectivity index (χ0n) is 14.7. The Bertz CT molecular complexity index is 909. The van der Waals surface area contributed by atoms with Crippen molar-refractivity contribution >= 4 is 10.0 Å². The zero-order valence-corrected chi connectivity index (χ0v) is 15.5. The van der Waals surface area contributed by atoms with Crippen molar-refractivity contribution in [1.29, 1.82) is 0 Å². The average molecular weight is 379 g/mol. The molecule has 1 saturated heterocycles. The molecular weight excluding hydrogens is 358 g/mol. The molecule has 2 aliphatic heterocycles. The van der Waals surface area contributed by atoms with Crippen molar-refractivity contribution in [3.05, 3.63) is 24.1 Å². The van der Waals surface area contributed by atoms with E-state index in [0.717, 1.165) is 18.4 Å². The van der Waals surface area contributed by atoms with Crippen LogP contribution in [-0.4, -0.2) is 48.1 Å². The highest BCUT2D eigenvalue weighted by molar-refractivity contribution is 7.89. The SMILES string of the molecule is CC(C)S(=O)(=O)N1CCCC(c2nnc(-c3ccc4c(c3)OCO4)o2)C1. The van der Waals surface area contributed by atoms with Crippen molar-refractivity contribution in [2.24, 2.45) is 0 Å². The number of hydrogen-bond donors (Lipinski definition) is 0. The quantitative estimate of drug-likeness (QED) is 0.805. The van der Waals surface area contributed by atoms with E-state index in [1.165, 1.54) is 4.31 Å². The maximum absolute atomic E-state index is 12.4. The van der Waals surface area contributed by atoms with Crippen LogP contribution in [0.15, 0.2) is 22.6 Å². The minimum atomic E-state index is -3.28. The zero-order chi connectivity index (χ0) is 18.3. The molecule has 0 saturated carbocycles. The number of aromatic nitrogens is 2. The number of fused-ring (bicyclic) bond motifs is 1. The van der Waals surface area contributed by atoms with Gasteiger partial charge in [0.25, 0.3) is 0 Å². The van der Waals surface area contributed by atoms with E-state index in [1.54, 1.807) is 26.0 Å². The first-order valence-electron chi connectivity index (χ1n) is 8.67. The molecule has 0 spiro atoms. The van der Waals surface area contributed by atoms with Crippen LogP contribution in [-0.2, 0) is 10.0 Å².